The Morgan fingerprint density at radius 1 is 0.889 bits per heavy atom. The molecule has 1 unspecified atom stereocenters. The van der Waals surface area contributed by atoms with E-state index in [1.165, 1.54) is 6.07 Å². The molecule has 5 rings (SSSR count). The first-order chi connectivity index (χ1) is 17.6. The number of rotatable bonds is 8. The first-order valence-electron chi connectivity index (χ1n) is 11.4. The van der Waals surface area contributed by atoms with Crippen LogP contribution >= 0.6 is 0 Å². The quantitative estimate of drug-likeness (QED) is 0.306. The number of nitriles is 1. The molecule has 4 aromatic carbocycles. The highest BCUT2D eigenvalue weighted by molar-refractivity contribution is 5.79. The molecule has 1 aliphatic rings. The Kier molecular flexibility index (Phi) is 6.50. The smallest absolute Gasteiger partial charge is 0.194 e. The number of nitrogens with one attached hydrogen (secondary N) is 1. The summed E-state index contributed by atoms with van der Waals surface area (Å²) in [6.07, 6.45) is 1.92. The molecule has 0 aliphatic carbocycles. The molecule has 0 fully saturated rings. The Labute approximate surface area is 208 Å². The van der Waals surface area contributed by atoms with E-state index in [1.807, 2.05) is 78.9 Å². The Morgan fingerprint density at radius 3 is 2.36 bits per heavy atom. The van der Waals surface area contributed by atoms with Crippen LogP contribution in [0, 0.1) is 17.1 Å². The van der Waals surface area contributed by atoms with Gasteiger partial charge in [0, 0.05) is 17.7 Å². The molecule has 1 N–H and O–H groups in total. The molecule has 36 heavy (non-hydrogen) atoms. The lowest BCUT2D eigenvalue weighted by atomic mass is 9.97. The zero-order chi connectivity index (χ0) is 24.8. The van der Waals surface area contributed by atoms with Crippen molar-refractivity contribution in [2.75, 3.05) is 5.32 Å². The van der Waals surface area contributed by atoms with Gasteiger partial charge in [0.1, 0.15) is 6.61 Å². The molecule has 0 bridgehead atoms. The minimum absolute atomic E-state index is 0.186. The first-order valence-corrected chi connectivity index (χ1v) is 11.4. The average Bonchev–Trinajstić information content (AvgIpc) is 3.37. The molecule has 6 nitrogen and oxygen atoms in total. The van der Waals surface area contributed by atoms with Crippen molar-refractivity contribution in [1.82, 2.24) is 0 Å². The number of nitrogens with zero attached hydrogens (tertiary/aromatic N) is 4. The van der Waals surface area contributed by atoms with Crippen LogP contribution in [0.2, 0.25) is 0 Å². The topological polar surface area (TPSA) is 82.1 Å². The van der Waals surface area contributed by atoms with Gasteiger partial charge in [0.05, 0.1) is 17.8 Å². The fraction of sp³-hybridized carbons (Fsp3) is 0.103. The van der Waals surface area contributed by atoms with E-state index in [4.69, 9.17) is 4.74 Å². The third-order valence-corrected chi connectivity index (χ3v) is 5.84. The first kappa shape index (κ1) is 22.9. The summed E-state index contributed by atoms with van der Waals surface area (Å²) in [5.41, 5.74) is 3.72. The number of anilines is 1. The fourth-order valence-electron chi connectivity index (χ4n) is 4.08. The summed E-state index contributed by atoms with van der Waals surface area (Å²) < 4.78 is 20.5. The minimum Gasteiger partial charge on any atom is -0.486 e. The van der Waals surface area contributed by atoms with Crippen molar-refractivity contribution in [3.05, 3.63) is 120 Å². The predicted octanol–water partition coefficient (Wildman–Crippen LogP) is 6.75. The largest absolute Gasteiger partial charge is 0.486 e. The summed E-state index contributed by atoms with van der Waals surface area (Å²) in [6.45, 7) is 0.284. The highest BCUT2D eigenvalue weighted by atomic mass is 19.1. The summed E-state index contributed by atoms with van der Waals surface area (Å²) in [4.78, 5) is 0. The van der Waals surface area contributed by atoms with Crippen molar-refractivity contribution >= 4 is 11.9 Å². The molecule has 0 radical (unpaired) electrons. The monoisotopic (exact) mass is 475 g/mol. The van der Waals surface area contributed by atoms with Gasteiger partial charge in [-0.15, -0.1) is 10.2 Å². The number of ether oxygens (including phenoxy) is 1. The van der Waals surface area contributed by atoms with Gasteiger partial charge < -0.3 is 10.1 Å². The van der Waals surface area contributed by atoms with Crippen molar-refractivity contribution < 1.29 is 9.13 Å². The molecule has 1 atom stereocenters. The zero-order valence-electron chi connectivity index (χ0n) is 19.3. The Bertz CT molecular complexity index is 1450. The summed E-state index contributed by atoms with van der Waals surface area (Å²) in [7, 11) is 0. The number of hydrogen-bond acceptors (Lipinski definition) is 6. The van der Waals surface area contributed by atoms with E-state index >= 15 is 0 Å². The highest BCUT2D eigenvalue weighted by Crippen LogP contribution is 2.31. The van der Waals surface area contributed by atoms with Gasteiger partial charge in [-0.25, -0.2) is 4.39 Å². The summed E-state index contributed by atoms with van der Waals surface area (Å²) in [6, 6.07) is 31.9. The van der Waals surface area contributed by atoms with Crippen LogP contribution < -0.4 is 10.1 Å². The zero-order valence-corrected chi connectivity index (χ0v) is 19.3. The highest BCUT2D eigenvalue weighted by Gasteiger charge is 2.32. The second-order valence-corrected chi connectivity index (χ2v) is 8.44. The van der Waals surface area contributed by atoms with Gasteiger partial charge in [-0.2, -0.15) is 5.26 Å². The van der Waals surface area contributed by atoms with Gasteiger partial charge in [-0.05, 0) is 52.2 Å². The second-order valence-electron chi connectivity index (χ2n) is 8.44. The molecule has 0 saturated heterocycles. The van der Waals surface area contributed by atoms with Crippen molar-refractivity contribution in [2.24, 2.45) is 15.4 Å². The third kappa shape index (κ3) is 5.13. The van der Waals surface area contributed by atoms with Gasteiger partial charge in [0.25, 0.3) is 0 Å². The van der Waals surface area contributed by atoms with Crippen LogP contribution in [0.4, 0.5) is 10.1 Å². The molecule has 1 aliphatic heterocycles. The molecule has 176 valence electrons. The van der Waals surface area contributed by atoms with E-state index in [0.717, 1.165) is 22.4 Å². The van der Waals surface area contributed by atoms with E-state index < -0.39 is 11.5 Å². The maximum absolute atomic E-state index is 14.8. The van der Waals surface area contributed by atoms with E-state index in [0.29, 0.717) is 17.5 Å². The fourth-order valence-corrected chi connectivity index (χ4v) is 4.08. The van der Waals surface area contributed by atoms with Crippen molar-refractivity contribution in [1.29, 1.82) is 5.26 Å². The van der Waals surface area contributed by atoms with Crippen molar-refractivity contribution in [2.45, 2.75) is 18.7 Å². The summed E-state index contributed by atoms with van der Waals surface area (Å²) in [5, 5.41) is 25.0. The molecule has 1 heterocycles. The molecule has 0 amide bonds. The Hall–Kier alpha value is -4.83. The van der Waals surface area contributed by atoms with Gasteiger partial charge in [0.2, 0.25) is 0 Å². The Balaban J connectivity index is 1.35. The Morgan fingerprint density at radius 2 is 1.67 bits per heavy atom. The lowest BCUT2D eigenvalue weighted by Gasteiger charge is -2.25. The summed E-state index contributed by atoms with van der Waals surface area (Å²) >= 11 is 0. The molecule has 7 heteroatoms. The van der Waals surface area contributed by atoms with Crippen molar-refractivity contribution in [3.63, 3.8) is 0 Å². The number of benzene rings is 4. The average molecular weight is 476 g/mol. The summed E-state index contributed by atoms with van der Waals surface area (Å²) in [5.74, 6) is -0.263. The third-order valence-electron chi connectivity index (χ3n) is 5.84. The van der Waals surface area contributed by atoms with Crippen LogP contribution in [0.3, 0.4) is 0 Å². The van der Waals surface area contributed by atoms with Crippen LogP contribution in [-0.4, -0.2) is 11.9 Å². The van der Waals surface area contributed by atoms with E-state index in [-0.39, 0.29) is 12.4 Å². The molecular weight excluding hydrogens is 453 g/mol. The predicted molar refractivity (Wildman–Crippen MR) is 137 cm³/mol. The maximum Gasteiger partial charge on any atom is 0.194 e. The van der Waals surface area contributed by atoms with E-state index in [1.54, 1.807) is 18.3 Å². The molecule has 0 saturated carbocycles. The van der Waals surface area contributed by atoms with E-state index in [9.17, 15) is 9.65 Å². The van der Waals surface area contributed by atoms with Crippen LogP contribution in [0.15, 0.2) is 113 Å². The van der Waals surface area contributed by atoms with Crippen LogP contribution in [0.5, 0.6) is 5.75 Å². The van der Waals surface area contributed by atoms with Gasteiger partial charge in [0.15, 0.2) is 17.2 Å². The van der Waals surface area contributed by atoms with Crippen LogP contribution in [0.25, 0.3) is 11.1 Å². The normalized spacial score (nSPS) is 16.0. The lowest BCUT2D eigenvalue weighted by Crippen LogP contribution is -2.38. The van der Waals surface area contributed by atoms with Gasteiger partial charge in [-0.3, -0.25) is 0 Å². The molecule has 4 aromatic rings. The second kappa shape index (κ2) is 10.2. The van der Waals surface area contributed by atoms with Gasteiger partial charge in [-0.1, -0.05) is 66.7 Å². The maximum atomic E-state index is 14.8. The van der Waals surface area contributed by atoms with Gasteiger partial charge >= 0.3 is 0 Å². The molecule has 0 aromatic heterocycles. The van der Waals surface area contributed by atoms with Crippen molar-refractivity contribution in [3.8, 4) is 22.9 Å². The molecule has 0 spiro atoms. The minimum atomic E-state index is -0.985. The number of halogens is 1. The molecular formula is C29H22FN5O. The van der Waals surface area contributed by atoms with Crippen LogP contribution in [0.1, 0.15) is 16.7 Å². The van der Waals surface area contributed by atoms with E-state index in [2.05, 4.69) is 26.8 Å². The number of hydrogen-bond donors (Lipinski definition) is 1. The standard InChI is InChI=1S/C29H22FN5O/c30-27-15-22(11-14-28(27)36-19-21-7-3-1-4-8-21)17-29(20-32-35-34-29)33-25-13-12-24(18-31)26(16-25)23-9-5-2-6-10-23/h1-16,20,33H,17,19H2. The SMILES string of the molecule is N#Cc1ccc(NC2(Cc3ccc(OCc4ccccc4)c(F)c3)C=NN=N2)cc1-c1ccccc1. The lowest BCUT2D eigenvalue weighted by molar-refractivity contribution is 0.290. The van der Waals surface area contributed by atoms with Crippen LogP contribution in [-0.2, 0) is 13.0 Å².